The Labute approximate surface area is 109 Å². The number of benzene rings is 2. The first-order chi connectivity index (χ1) is 9.16. The van der Waals surface area contributed by atoms with Crippen LogP contribution in [0.1, 0.15) is 5.56 Å². The average molecular weight is 254 g/mol. The van der Waals surface area contributed by atoms with Gasteiger partial charge in [0, 0.05) is 5.39 Å². The van der Waals surface area contributed by atoms with Gasteiger partial charge < -0.3 is 4.42 Å². The third-order valence-corrected chi connectivity index (χ3v) is 3.21. The zero-order valence-electron chi connectivity index (χ0n) is 10.3. The molecule has 2 nitrogen and oxygen atoms in total. The highest BCUT2D eigenvalue weighted by atomic mass is 19.1. The number of halogens is 1. The summed E-state index contributed by atoms with van der Waals surface area (Å²) in [6.07, 6.45) is 0. The Hall–Kier alpha value is -2.42. The molecule has 0 fully saturated rings. The molecule has 0 amide bonds. The molecule has 3 aromatic rings. The fraction of sp³-hybridized carbons (Fsp3) is 0.0625. The molecule has 1 aromatic heterocycles. The monoisotopic (exact) mass is 254 g/mol. The van der Waals surface area contributed by atoms with Crippen LogP contribution < -0.4 is 5.63 Å². The number of hydrogen-bond donors (Lipinski definition) is 0. The average Bonchev–Trinajstić information content (AvgIpc) is 2.41. The lowest BCUT2D eigenvalue weighted by Gasteiger charge is -2.07. The lowest BCUT2D eigenvalue weighted by molar-refractivity contribution is 0.562. The number of para-hydroxylation sites is 1. The predicted octanol–water partition coefficient (Wildman–Crippen LogP) is 3.91. The minimum absolute atomic E-state index is 0.327. The Morgan fingerprint density at radius 1 is 1.00 bits per heavy atom. The number of fused-ring (bicyclic) bond motifs is 1. The maximum Gasteiger partial charge on any atom is 0.344 e. The van der Waals surface area contributed by atoms with Crippen LogP contribution in [-0.2, 0) is 0 Å². The van der Waals surface area contributed by atoms with E-state index in [9.17, 15) is 9.18 Å². The molecule has 1 heterocycles. The van der Waals surface area contributed by atoms with Gasteiger partial charge in [-0.15, -0.1) is 0 Å². The van der Waals surface area contributed by atoms with Crippen LogP contribution >= 0.6 is 0 Å². The molecule has 19 heavy (non-hydrogen) atoms. The zero-order chi connectivity index (χ0) is 13.4. The molecule has 0 N–H and O–H groups in total. The van der Waals surface area contributed by atoms with Crippen molar-refractivity contribution in [3.8, 4) is 11.1 Å². The van der Waals surface area contributed by atoms with Crippen LogP contribution in [0.3, 0.4) is 0 Å². The van der Waals surface area contributed by atoms with Gasteiger partial charge in [-0.3, -0.25) is 0 Å². The molecule has 0 spiro atoms. The molecule has 3 heteroatoms. The highest BCUT2D eigenvalue weighted by molar-refractivity contribution is 5.86. The van der Waals surface area contributed by atoms with E-state index in [0.29, 0.717) is 16.7 Å². The SMILES string of the molecule is Cc1c(-c2ccc(F)cc2)c(=O)oc2ccccc12. The van der Waals surface area contributed by atoms with E-state index < -0.39 is 5.63 Å². The lowest BCUT2D eigenvalue weighted by Crippen LogP contribution is -2.05. The van der Waals surface area contributed by atoms with E-state index in [2.05, 4.69) is 0 Å². The van der Waals surface area contributed by atoms with Crippen LogP contribution in [0.25, 0.3) is 22.1 Å². The first-order valence-electron chi connectivity index (χ1n) is 5.95. The van der Waals surface area contributed by atoms with E-state index in [0.717, 1.165) is 10.9 Å². The van der Waals surface area contributed by atoms with Crippen LogP contribution in [0, 0.1) is 12.7 Å². The van der Waals surface area contributed by atoms with Gasteiger partial charge in [-0.1, -0.05) is 30.3 Å². The van der Waals surface area contributed by atoms with E-state index in [1.54, 1.807) is 18.2 Å². The van der Waals surface area contributed by atoms with Crippen LogP contribution in [0.2, 0.25) is 0 Å². The highest BCUT2D eigenvalue weighted by Crippen LogP contribution is 2.26. The zero-order valence-corrected chi connectivity index (χ0v) is 10.3. The second-order valence-electron chi connectivity index (χ2n) is 4.39. The number of rotatable bonds is 1. The minimum Gasteiger partial charge on any atom is -0.422 e. The second-order valence-corrected chi connectivity index (χ2v) is 4.39. The van der Waals surface area contributed by atoms with E-state index in [4.69, 9.17) is 4.42 Å². The van der Waals surface area contributed by atoms with Gasteiger partial charge in [-0.05, 0) is 36.2 Å². The summed E-state index contributed by atoms with van der Waals surface area (Å²) < 4.78 is 18.3. The Kier molecular flexibility index (Phi) is 2.67. The van der Waals surface area contributed by atoms with Crippen LogP contribution in [-0.4, -0.2) is 0 Å². The third-order valence-electron chi connectivity index (χ3n) is 3.21. The van der Waals surface area contributed by atoms with Gasteiger partial charge in [0.15, 0.2) is 0 Å². The molecular formula is C16H11FO2. The second kappa shape index (κ2) is 4.35. The molecule has 94 valence electrons. The van der Waals surface area contributed by atoms with E-state index in [1.807, 2.05) is 25.1 Å². The smallest absolute Gasteiger partial charge is 0.344 e. The molecule has 0 atom stereocenters. The Bertz CT molecular complexity index is 801. The topological polar surface area (TPSA) is 30.2 Å². The molecule has 0 radical (unpaired) electrons. The fourth-order valence-corrected chi connectivity index (χ4v) is 2.26. The summed E-state index contributed by atoms with van der Waals surface area (Å²) in [5, 5.41) is 0.890. The third kappa shape index (κ3) is 1.93. The summed E-state index contributed by atoms with van der Waals surface area (Å²) in [5.41, 5.74) is 2.16. The van der Waals surface area contributed by atoms with Crippen LogP contribution in [0.4, 0.5) is 4.39 Å². The summed E-state index contributed by atoms with van der Waals surface area (Å²) >= 11 is 0. The molecule has 0 unspecified atom stereocenters. The van der Waals surface area contributed by atoms with Gasteiger partial charge in [0.2, 0.25) is 0 Å². The van der Waals surface area contributed by atoms with Crippen molar-refractivity contribution < 1.29 is 8.81 Å². The standard InChI is InChI=1S/C16H11FO2/c1-10-13-4-2-3-5-14(13)19-16(18)15(10)11-6-8-12(17)9-7-11/h2-9H,1H3. The number of aryl methyl sites for hydroxylation is 1. The summed E-state index contributed by atoms with van der Waals surface area (Å²) in [6, 6.07) is 13.2. The summed E-state index contributed by atoms with van der Waals surface area (Å²) in [4.78, 5) is 12.1. The highest BCUT2D eigenvalue weighted by Gasteiger charge is 2.12. The molecule has 0 aliphatic heterocycles. The molecular weight excluding hydrogens is 243 g/mol. The van der Waals surface area contributed by atoms with Crippen molar-refractivity contribution in [2.24, 2.45) is 0 Å². The summed E-state index contributed by atoms with van der Waals surface area (Å²) in [6.45, 7) is 1.87. The van der Waals surface area contributed by atoms with Crippen molar-refractivity contribution in [2.75, 3.05) is 0 Å². The quantitative estimate of drug-likeness (QED) is 0.616. The maximum absolute atomic E-state index is 13.0. The van der Waals surface area contributed by atoms with Crippen molar-refractivity contribution in [3.05, 3.63) is 70.3 Å². The van der Waals surface area contributed by atoms with Crippen LogP contribution in [0.5, 0.6) is 0 Å². The normalized spacial score (nSPS) is 10.8. The lowest BCUT2D eigenvalue weighted by atomic mass is 10.00. The van der Waals surface area contributed by atoms with Gasteiger partial charge in [-0.2, -0.15) is 0 Å². The molecule has 3 rings (SSSR count). The van der Waals surface area contributed by atoms with Gasteiger partial charge in [0.05, 0.1) is 5.56 Å². The van der Waals surface area contributed by atoms with Crippen molar-refractivity contribution in [1.82, 2.24) is 0 Å². The van der Waals surface area contributed by atoms with E-state index in [1.165, 1.54) is 12.1 Å². The molecule has 2 aromatic carbocycles. The molecule has 0 aliphatic carbocycles. The van der Waals surface area contributed by atoms with Gasteiger partial charge >= 0.3 is 5.63 Å². The predicted molar refractivity (Wildman–Crippen MR) is 72.6 cm³/mol. The van der Waals surface area contributed by atoms with Crippen molar-refractivity contribution in [2.45, 2.75) is 6.92 Å². The van der Waals surface area contributed by atoms with Crippen molar-refractivity contribution in [1.29, 1.82) is 0 Å². The Balaban J connectivity index is 2.35. The van der Waals surface area contributed by atoms with Gasteiger partial charge in [-0.25, -0.2) is 9.18 Å². The largest absolute Gasteiger partial charge is 0.422 e. The Morgan fingerprint density at radius 2 is 1.68 bits per heavy atom. The summed E-state index contributed by atoms with van der Waals surface area (Å²) in [7, 11) is 0. The van der Waals surface area contributed by atoms with Gasteiger partial charge in [0.25, 0.3) is 0 Å². The first-order valence-corrected chi connectivity index (χ1v) is 5.95. The first kappa shape index (κ1) is 11.7. The molecule has 0 bridgehead atoms. The van der Waals surface area contributed by atoms with Crippen molar-refractivity contribution >= 4 is 11.0 Å². The van der Waals surface area contributed by atoms with Crippen LogP contribution in [0.15, 0.2) is 57.7 Å². The fourth-order valence-electron chi connectivity index (χ4n) is 2.26. The van der Waals surface area contributed by atoms with Crippen molar-refractivity contribution in [3.63, 3.8) is 0 Å². The molecule has 0 aliphatic rings. The van der Waals surface area contributed by atoms with Gasteiger partial charge in [0.1, 0.15) is 11.4 Å². The summed E-state index contributed by atoms with van der Waals surface area (Å²) in [5.74, 6) is -0.327. The maximum atomic E-state index is 13.0. The van der Waals surface area contributed by atoms with E-state index in [-0.39, 0.29) is 5.82 Å². The Morgan fingerprint density at radius 3 is 2.42 bits per heavy atom. The molecule has 0 saturated heterocycles. The number of hydrogen-bond acceptors (Lipinski definition) is 2. The minimum atomic E-state index is -0.400. The van der Waals surface area contributed by atoms with E-state index >= 15 is 0 Å². The molecule has 0 saturated carbocycles.